The van der Waals surface area contributed by atoms with Crippen molar-refractivity contribution >= 4 is 11.8 Å². The van der Waals surface area contributed by atoms with Crippen LogP contribution in [0, 0.1) is 11.8 Å². The second-order valence-corrected chi connectivity index (χ2v) is 6.65. The number of likely N-dealkylation sites (tertiary alicyclic amines) is 1. The van der Waals surface area contributed by atoms with E-state index in [1.54, 1.807) is 0 Å². The lowest BCUT2D eigenvalue weighted by molar-refractivity contribution is -0.124. The Morgan fingerprint density at radius 3 is 2.35 bits per heavy atom. The van der Waals surface area contributed by atoms with Crippen molar-refractivity contribution in [1.29, 1.82) is 0 Å². The monoisotopic (exact) mass is 317 g/mol. The summed E-state index contributed by atoms with van der Waals surface area (Å²) in [5, 5.41) is 3.14. The van der Waals surface area contributed by atoms with Gasteiger partial charge in [0.05, 0.1) is 12.6 Å². The van der Waals surface area contributed by atoms with Gasteiger partial charge >= 0.3 is 0 Å². The molecule has 0 saturated carbocycles. The van der Waals surface area contributed by atoms with Crippen LogP contribution in [0.4, 0.5) is 0 Å². The van der Waals surface area contributed by atoms with Gasteiger partial charge in [0.25, 0.3) is 0 Å². The fourth-order valence-electron chi connectivity index (χ4n) is 3.09. The number of amides is 2. The van der Waals surface area contributed by atoms with E-state index >= 15 is 0 Å². The van der Waals surface area contributed by atoms with Crippen LogP contribution in [-0.4, -0.2) is 36.3 Å². The number of carbonyl (C=O) groups is 2. The van der Waals surface area contributed by atoms with Crippen LogP contribution in [-0.2, 0) is 9.59 Å². The first-order valence-corrected chi connectivity index (χ1v) is 8.33. The summed E-state index contributed by atoms with van der Waals surface area (Å²) < 4.78 is 0. The molecule has 2 amide bonds. The lowest BCUT2D eigenvalue weighted by Gasteiger charge is -2.31. The van der Waals surface area contributed by atoms with Crippen molar-refractivity contribution in [3.8, 4) is 0 Å². The topological polar surface area (TPSA) is 75.4 Å². The summed E-state index contributed by atoms with van der Waals surface area (Å²) in [5.74, 6) is 0.0899. The third-order valence-electron chi connectivity index (χ3n) is 4.50. The molecule has 0 radical (unpaired) electrons. The van der Waals surface area contributed by atoms with Crippen molar-refractivity contribution in [2.45, 2.75) is 32.7 Å². The number of carbonyl (C=O) groups excluding carboxylic acids is 2. The molecule has 3 N–H and O–H groups in total. The Morgan fingerprint density at radius 1 is 1.22 bits per heavy atom. The zero-order valence-corrected chi connectivity index (χ0v) is 14.0. The number of rotatable bonds is 6. The Morgan fingerprint density at radius 2 is 1.83 bits per heavy atom. The fourth-order valence-corrected chi connectivity index (χ4v) is 3.09. The first kappa shape index (κ1) is 17.5. The lowest BCUT2D eigenvalue weighted by Crippen LogP contribution is -2.44. The van der Waals surface area contributed by atoms with E-state index < -0.39 is 0 Å². The molecule has 5 heteroatoms. The Balaban J connectivity index is 1.87. The van der Waals surface area contributed by atoms with Crippen LogP contribution >= 0.6 is 0 Å². The number of nitrogens with one attached hydrogen (secondary N) is 1. The largest absolute Gasteiger partial charge is 0.369 e. The Bertz CT molecular complexity index is 522. The molecule has 126 valence electrons. The van der Waals surface area contributed by atoms with E-state index in [9.17, 15) is 9.59 Å². The van der Waals surface area contributed by atoms with Crippen molar-refractivity contribution in [3.63, 3.8) is 0 Å². The molecule has 1 fully saturated rings. The smallest absolute Gasteiger partial charge is 0.234 e. The number of piperidine rings is 1. The van der Waals surface area contributed by atoms with Gasteiger partial charge in [-0.3, -0.25) is 14.5 Å². The first-order valence-electron chi connectivity index (χ1n) is 8.33. The molecule has 1 aliphatic heterocycles. The Labute approximate surface area is 138 Å². The molecule has 0 unspecified atom stereocenters. The van der Waals surface area contributed by atoms with Crippen molar-refractivity contribution < 1.29 is 9.59 Å². The SMILES string of the molecule is CC(C)[C@@H](NC(=O)CN1CCC(C(N)=O)CC1)c1ccccc1. The normalized spacial score (nSPS) is 17.9. The number of hydrogen-bond acceptors (Lipinski definition) is 3. The highest BCUT2D eigenvalue weighted by atomic mass is 16.2. The molecule has 23 heavy (non-hydrogen) atoms. The van der Waals surface area contributed by atoms with Crippen LogP contribution in [0.3, 0.4) is 0 Å². The van der Waals surface area contributed by atoms with E-state index in [1.165, 1.54) is 0 Å². The van der Waals surface area contributed by atoms with E-state index in [0.717, 1.165) is 31.5 Å². The summed E-state index contributed by atoms with van der Waals surface area (Å²) >= 11 is 0. The van der Waals surface area contributed by atoms with Gasteiger partial charge in [0.2, 0.25) is 11.8 Å². The maximum absolute atomic E-state index is 12.4. The number of primary amides is 1. The van der Waals surface area contributed by atoms with Gasteiger partial charge in [-0.15, -0.1) is 0 Å². The lowest BCUT2D eigenvalue weighted by atomic mass is 9.95. The summed E-state index contributed by atoms with van der Waals surface area (Å²) in [6.45, 7) is 6.09. The van der Waals surface area contributed by atoms with Gasteiger partial charge in [-0.25, -0.2) is 0 Å². The van der Waals surface area contributed by atoms with Gasteiger partial charge in [0.15, 0.2) is 0 Å². The van der Waals surface area contributed by atoms with Gasteiger partial charge in [0.1, 0.15) is 0 Å². The number of nitrogens with two attached hydrogens (primary N) is 1. The molecule has 1 aliphatic rings. The van der Waals surface area contributed by atoms with Gasteiger partial charge in [-0.05, 0) is 37.4 Å². The van der Waals surface area contributed by atoms with E-state index in [-0.39, 0.29) is 23.8 Å². The van der Waals surface area contributed by atoms with Crippen LogP contribution in [0.2, 0.25) is 0 Å². The van der Waals surface area contributed by atoms with Crippen LogP contribution < -0.4 is 11.1 Å². The minimum absolute atomic E-state index is 0.0202. The summed E-state index contributed by atoms with van der Waals surface area (Å²) in [6.07, 6.45) is 1.49. The zero-order chi connectivity index (χ0) is 16.8. The molecular weight excluding hydrogens is 290 g/mol. The van der Waals surface area contributed by atoms with Gasteiger partial charge in [-0.2, -0.15) is 0 Å². The van der Waals surface area contributed by atoms with Crippen molar-refractivity contribution in [1.82, 2.24) is 10.2 Å². The van der Waals surface area contributed by atoms with Crippen molar-refractivity contribution in [2.24, 2.45) is 17.6 Å². The third kappa shape index (κ3) is 5.06. The van der Waals surface area contributed by atoms with Gasteiger partial charge in [-0.1, -0.05) is 44.2 Å². The molecular formula is C18H27N3O2. The molecule has 0 aliphatic carbocycles. The standard InChI is InChI=1S/C18H27N3O2/c1-13(2)17(14-6-4-3-5-7-14)20-16(22)12-21-10-8-15(9-11-21)18(19)23/h3-7,13,15,17H,8-12H2,1-2H3,(H2,19,23)(H,20,22)/t17-/m1/s1. The van der Waals surface area contributed by atoms with Crippen molar-refractivity contribution in [2.75, 3.05) is 19.6 Å². The van der Waals surface area contributed by atoms with Crippen LogP contribution in [0.1, 0.15) is 38.3 Å². The average molecular weight is 317 g/mol. The summed E-state index contributed by atoms with van der Waals surface area (Å²) in [6, 6.07) is 10.1. The molecule has 1 saturated heterocycles. The number of benzene rings is 1. The van der Waals surface area contributed by atoms with Gasteiger partial charge < -0.3 is 11.1 Å². The Kier molecular flexibility index (Phi) is 6.16. The second kappa shape index (κ2) is 8.11. The van der Waals surface area contributed by atoms with Crippen molar-refractivity contribution in [3.05, 3.63) is 35.9 Å². The quantitative estimate of drug-likeness (QED) is 0.838. The predicted octanol–water partition coefficient (Wildman–Crippen LogP) is 1.70. The summed E-state index contributed by atoms with van der Waals surface area (Å²) in [4.78, 5) is 25.6. The molecule has 2 rings (SSSR count). The fraction of sp³-hybridized carbons (Fsp3) is 0.556. The molecule has 1 atom stereocenters. The summed E-state index contributed by atoms with van der Waals surface area (Å²) in [5.41, 5.74) is 6.47. The molecule has 5 nitrogen and oxygen atoms in total. The van der Waals surface area contributed by atoms with E-state index in [4.69, 9.17) is 5.73 Å². The number of hydrogen-bond donors (Lipinski definition) is 2. The molecule has 0 aromatic heterocycles. The molecule has 1 heterocycles. The molecule has 1 aromatic carbocycles. The minimum Gasteiger partial charge on any atom is -0.369 e. The predicted molar refractivity (Wildman–Crippen MR) is 90.5 cm³/mol. The summed E-state index contributed by atoms with van der Waals surface area (Å²) in [7, 11) is 0. The van der Waals surface area contributed by atoms with Crippen LogP contribution in [0.5, 0.6) is 0 Å². The maximum atomic E-state index is 12.4. The molecule has 0 spiro atoms. The zero-order valence-electron chi connectivity index (χ0n) is 14.0. The third-order valence-corrected chi connectivity index (χ3v) is 4.50. The Hall–Kier alpha value is -1.88. The highest BCUT2D eigenvalue weighted by Gasteiger charge is 2.25. The number of nitrogens with zero attached hydrogens (tertiary/aromatic N) is 1. The second-order valence-electron chi connectivity index (χ2n) is 6.65. The van der Waals surface area contributed by atoms with Crippen LogP contribution in [0.15, 0.2) is 30.3 Å². The first-order chi connectivity index (χ1) is 11.0. The van der Waals surface area contributed by atoms with E-state index in [2.05, 4.69) is 24.1 Å². The van der Waals surface area contributed by atoms with E-state index in [1.807, 2.05) is 30.3 Å². The highest BCUT2D eigenvalue weighted by Crippen LogP contribution is 2.21. The molecule has 1 aromatic rings. The molecule has 0 bridgehead atoms. The minimum atomic E-state index is -0.224. The van der Waals surface area contributed by atoms with Crippen LogP contribution in [0.25, 0.3) is 0 Å². The average Bonchev–Trinajstić information content (AvgIpc) is 2.53. The highest BCUT2D eigenvalue weighted by molar-refractivity contribution is 5.79. The van der Waals surface area contributed by atoms with E-state index in [0.29, 0.717) is 12.5 Å². The maximum Gasteiger partial charge on any atom is 0.234 e. The van der Waals surface area contributed by atoms with Gasteiger partial charge in [0, 0.05) is 5.92 Å².